The molecule has 1 saturated heterocycles. The fourth-order valence-electron chi connectivity index (χ4n) is 3.32. The molecule has 1 aliphatic heterocycles. The van der Waals surface area contributed by atoms with E-state index in [4.69, 9.17) is 0 Å². The second-order valence-electron chi connectivity index (χ2n) is 6.71. The normalized spacial score (nSPS) is 20.0. The number of hydrogen-bond acceptors (Lipinski definition) is 3. The van der Waals surface area contributed by atoms with Gasteiger partial charge < -0.3 is 0 Å². The Morgan fingerprint density at radius 2 is 1.85 bits per heavy atom. The fourth-order valence-corrected chi connectivity index (χ4v) is 4.51. The number of fused-ring (bicyclic) bond motifs is 1. The minimum Gasteiger partial charge on any atom is -0.289 e. The zero-order valence-electron chi connectivity index (χ0n) is 14.4. The Bertz CT molecular complexity index is 883. The lowest BCUT2D eigenvalue weighted by Crippen LogP contribution is -2.47. The van der Waals surface area contributed by atoms with Gasteiger partial charge in [-0.2, -0.15) is 17.5 Å². The molecular weight excluding hydrogens is 365 g/mol. The van der Waals surface area contributed by atoms with E-state index in [0.29, 0.717) is 13.0 Å². The number of sulfonamides is 1. The minimum absolute atomic E-state index is 0.0538. The van der Waals surface area contributed by atoms with Crippen LogP contribution in [0.3, 0.4) is 0 Å². The predicted molar refractivity (Wildman–Crippen MR) is 94.1 cm³/mol. The van der Waals surface area contributed by atoms with Crippen LogP contribution < -0.4 is 0 Å². The van der Waals surface area contributed by atoms with Crippen molar-refractivity contribution in [3.63, 3.8) is 0 Å². The molecule has 0 unspecified atom stereocenters. The van der Waals surface area contributed by atoms with E-state index in [1.807, 2.05) is 24.3 Å². The van der Waals surface area contributed by atoms with E-state index in [0.717, 1.165) is 15.1 Å². The molecule has 8 heteroatoms. The summed E-state index contributed by atoms with van der Waals surface area (Å²) in [6.07, 6.45) is -3.73. The second kappa shape index (κ2) is 7.17. The Hall–Kier alpha value is -1.64. The molecule has 1 heterocycles. The molecule has 0 amide bonds. The molecule has 26 heavy (non-hydrogen) atoms. The summed E-state index contributed by atoms with van der Waals surface area (Å²) in [6, 6.07) is 12.3. The van der Waals surface area contributed by atoms with Gasteiger partial charge in [-0.1, -0.05) is 30.3 Å². The lowest BCUT2D eigenvalue weighted by atomic mass is 9.98. The molecule has 1 atom stereocenters. The van der Waals surface area contributed by atoms with Crippen LogP contribution >= 0.6 is 0 Å². The van der Waals surface area contributed by atoms with Gasteiger partial charge in [-0.3, -0.25) is 4.90 Å². The summed E-state index contributed by atoms with van der Waals surface area (Å²) >= 11 is 0. The highest BCUT2D eigenvalue weighted by Crippen LogP contribution is 2.33. The van der Waals surface area contributed by atoms with E-state index < -0.39 is 22.1 Å². The lowest BCUT2D eigenvalue weighted by Gasteiger charge is -2.35. The van der Waals surface area contributed by atoms with Crippen molar-refractivity contribution in [2.75, 3.05) is 26.8 Å². The van der Waals surface area contributed by atoms with Crippen LogP contribution in [0.25, 0.3) is 10.8 Å². The van der Waals surface area contributed by atoms with Crippen molar-refractivity contribution in [1.29, 1.82) is 0 Å². The first-order valence-corrected chi connectivity index (χ1v) is 9.86. The maximum atomic E-state index is 12.9. The molecule has 1 aliphatic rings. The Morgan fingerprint density at radius 1 is 1.15 bits per heavy atom. The Morgan fingerprint density at radius 3 is 2.54 bits per heavy atom. The third-order valence-electron chi connectivity index (χ3n) is 4.80. The molecule has 1 fully saturated rings. The number of likely N-dealkylation sites (tertiary alicyclic amines) is 1. The molecule has 0 radical (unpaired) electrons. The van der Waals surface area contributed by atoms with Crippen molar-refractivity contribution in [1.82, 2.24) is 9.21 Å². The quantitative estimate of drug-likeness (QED) is 0.805. The summed E-state index contributed by atoms with van der Waals surface area (Å²) in [5, 5.41) is 1.73. The average molecular weight is 386 g/mol. The lowest BCUT2D eigenvalue weighted by molar-refractivity contribution is -0.187. The summed E-state index contributed by atoms with van der Waals surface area (Å²) in [5.74, 6) is -1.40. The molecule has 0 aliphatic carbocycles. The number of hydrogen-bond donors (Lipinski definition) is 0. The molecule has 0 bridgehead atoms. The van der Waals surface area contributed by atoms with Crippen molar-refractivity contribution in [3.05, 3.63) is 42.5 Å². The molecule has 3 rings (SSSR count). The van der Waals surface area contributed by atoms with Crippen LogP contribution in [0.4, 0.5) is 13.2 Å². The van der Waals surface area contributed by atoms with Gasteiger partial charge in [0.15, 0.2) is 0 Å². The van der Waals surface area contributed by atoms with Crippen LogP contribution in [0.2, 0.25) is 0 Å². The Labute approximate surface area is 151 Å². The van der Waals surface area contributed by atoms with E-state index >= 15 is 0 Å². The van der Waals surface area contributed by atoms with Crippen molar-refractivity contribution in [3.8, 4) is 0 Å². The molecule has 2 aromatic rings. The van der Waals surface area contributed by atoms with Crippen LogP contribution in [0.5, 0.6) is 0 Å². The highest BCUT2D eigenvalue weighted by atomic mass is 32.2. The topological polar surface area (TPSA) is 40.6 Å². The van der Waals surface area contributed by atoms with Gasteiger partial charge in [0.25, 0.3) is 0 Å². The van der Waals surface area contributed by atoms with Crippen molar-refractivity contribution < 1.29 is 21.6 Å². The van der Waals surface area contributed by atoms with Gasteiger partial charge in [0.2, 0.25) is 10.0 Å². The van der Waals surface area contributed by atoms with Crippen LogP contribution in [-0.2, 0) is 10.0 Å². The summed E-state index contributed by atoms with van der Waals surface area (Å²) in [5.41, 5.74) is 0. The molecule has 0 saturated carbocycles. The smallest absolute Gasteiger partial charge is 0.289 e. The van der Waals surface area contributed by atoms with Gasteiger partial charge in [-0.25, -0.2) is 8.42 Å². The Balaban J connectivity index is 1.76. The highest BCUT2D eigenvalue weighted by Gasteiger charge is 2.42. The monoisotopic (exact) mass is 386 g/mol. The van der Waals surface area contributed by atoms with Crippen LogP contribution in [0.1, 0.15) is 12.8 Å². The zero-order valence-corrected chi connectivity index (χ0v) is 15.2. The van der Waals surface area contributed by atoms with Crippen LogP contribution in [0, 0.1) is 5.92 Å². The number of alkyl halides is 3. The first-order chi connectivity index (χ1) is 12.2. The maximum Gasteiger partial charge on any atom is 0.393 e. The molecule has 4 nitrogen and oxygen atoms in total. The summed E-state index contributed by atoms with van der Waals surface area (Å²) in [6.45, 7) is 0.243. The highest BCUT2D eigenvalue weighted by molar-refractivity contribution is 7.89. The average Bonchev–Trinajstić information content (AvgIpc) is 2.60. The third-order valence-corrected chi connectivity index (χ3v) is 6.58. The van der Waals surface area contributed by atoms with E-state index in [9.17, 15) is 21.6 Å². The fraction of sp³-hybridized carbons (Fsp3) is 0.444. The number of rotatable bonds is 4. The van der Waals surface area contributed by atoms with Gasteiger partial charge in [-0.15, -0.1) is 0 Å². The summed E-state index contributed by atoms with van der Waals surface area (Å²) < 4.78 is 65.6. The minimum atomic E-state index is -4.24. The number of halogens is 3. The molecule has 142 valence electrons. The number of benzene rings is 2. The van der Waals surface area contributed by atoms with Crippen molar-refractivity contribution >= 4 is 20.8 Å². The number of piperidine rings is 1. The van der Waals surface area contributed by atoms with Gasteiger partial charge in [0.1, 0.15) is 0 Å². The molecular formula is C18H21F3N2O2S. The third kappa shape index (κ3) is 4.02. The summed E-state index contributed by atoms with van der Waals surface area (Å²) in [4.78, 5) is 1.70. The standard InChI is InChI=1S/C18H21F3N2O2S/c1-22(13-23-10-4-7-16(12-23)18(19,20)21)26(24,25)17-9-8-14-5-2-3-6-15(14)11-17/h2-3,5-6,8-9,11,16H,4,7,10,12-13H2,1H3/t16-/m1/s1. The van der Waals surface area contributed by atoms with Gasteiger partial charge in [0.05, 0.1) is 17.5 Å². The van der Waals surface area contributed by atoms with Crippen molar-refractivity contribution in [2.24, 2.45) is 5.92 Å². The zero-order chi connectivity index (χ0) is 18.9. The van der Waals surface area contributed by atoms with Crippen LogP contribution in [0.15, 0.2) is 47.4 Å². The first-order valence-electron chi connectivity index (χ1n) is 8.42. The Kier molecular flexibility index (Phi) is 5.28. The molecule has 0 spiro atoms. The SMILES string of the molecule is CN(CN1CCC[C@@H](C(F)(F)F)C1)S(=O)(=O)c1ccc2ccccc2c1. The first kappa shape index (κ1) is 19.1. The molecule has 0 N–H and O–H groups in total. The maximum absolute atomic E-state index is 12.9. The van der Waals surface area contributed by atoms with Gasteiger partial charge in [-0.05, 0) is 42.3 Å². The van der Waals surface area contributed by atoms with E-state index in [1.165, 1.54) is 13.1 Å². The van der Waals surface area contributed by atoms with Crippen molar-refractivity contribution in [2.45, 2.75) is 23.9 Å². The van der Waals surface area contributed by atoms with Crippen LogP contribution in [-0.4, -0.2) is 50.6 Å². The molecule has 2 aromatic carbocycles. The predicted octanol–water partition coefficient (Wildman–Crippen LogP) is 3.69. The summed E-state index contributed by atoms with van der Waals surface area (Å²) in [7, 11) is -2.37. The van der Waals surface area contributed by atoms with E-state index in [-0.39, 0.29) is 24.5 Å². The number of nitrogens with zero attached hydrogens (tertiary/aromatic N) is 2. The van der Waals surface area contributed by atoms with E-state index in [1.54, 1.807) is 17.0 Å². The second-order valence-corrected chi connectivity index (χ2v) is 8.76. The van der Waals surface area contributed by atoms with E-state index in [2.05, 4.69) is 0 Å². The van der Waals surface area contributed by atoms with Gasteiger partial charge in [0, 0.05) is 13.6 Å². The largest absolute Gasteiger partial charge is 0.393 e. The van der Waals surface area contributed by atoms with Gasteiger partial charge >= 0.3 is 6.18 Å². The molecule has 0 aromatic heterocycles.